The first-order valence-electron chi connectivity index (χ1n) is 10.8. The highest BCUT2D eigenvalue weighted by Gasteiger charge is 2.28. The second-order valence-electron chi connectivity index (χ2n) is 7.89. The molecule has 4 aromatic heterocycles. The smallest absolute Gasteiger partial charge is 0.333 e. The maximum Gasteiger partial charge on any atom is 0.333 e. The molecule has 1 atom stereocenters. The van der Waals surface area contributed by atoms with E-state index >= 15 is 0 Å². The van der Waals surface area contributed by atoms with Gasteiger partial charge in [-0.25, -0.2) is 14.5 Å². The molecule has 0 bridgehead atoms. The number of pyridine rings is 1. The molecule has 0 radical (unpaired) electrons. The van der Waals surface area contributed by atoms with Gasteiger partial charge in [-0.3, -0.25) is 4.90 Å². The predicted octanol–water partition coefficient (Wildman–Crippen LogP) is 3.91. The van der Waals surface area contributed by atoms with E-state index in [4.69, 9.17) is 4.74 Å². The summed E-state index contributed by atoms with van der Waals surface area (Å²) in [6, 6.07) is 7.37. The molecule has 0 saturated carbocycles. The van der Waals surface area contributed by atoms with Crippen molar-refractivity contribution in [3.63, 3.8) is 0 Å². The molecule has 0 amide bonds. The lowest BCUT2D eigenvalue weighted by Gasteiger charge is -2.39. The zero-order valence-electron chi connectivity index (χ0n) is 18.3. The van der Waals surface area contributed by atoms with E-state index in [1.807, 2.05) is 6.07 Å². The largest absolute Gasteiger partial charge is 0.488 e. The lowest BCUT2D eigenvalue weighted by molar-refractivity contribution is 0.0535. The molecule has 1 N–H and O–H groups in total. The van der Waals surface area contributed by atoms with E-state index in [2.05, 4.69) is 37.3 Å². The molecule has 9 nitrogen and oxygen atoms in total. The van der Waals surface area contributed by atoms with Crippen molar-refractivity contribution >= 4 is 17.2 Å². The van der Waals surface area contributed by atoms with Crippen molar-refractivity contribution in [3.8, 4) is 17.0 Å². The van der Waals surface area contributed by atoms with E-state index in [-0.39, 0.29) is 5.69 Å². The maximum absolute atomic E-state index is 13.7. The van der Waals surface area contributed by atoms with E-state index in [0.29, 0.717) is 46.1 Å². The predicted molar refractivity (Wildman–Crippen MR) is 119 cm³/mol. The number of nitrogens with one attached hydrogen (secondary N) is 1. The third kappa shape index (κ3) is 4.23. The summed E-state index contributed by atoms with van der Waals surface area (Å²) in [6.45, 7) is 3.54. The van der Waals surface area contributed by atoms with Crippen molar-refractivity contribution < 1.29 is 13.5 Å². The van der Waals surface area contributed by atoms with Crippen LogP contribution in [0, 0.1) is 6.92 Å². The Hall–Kier alpha value is -3.60. The van der Waals surface area contributed by atoms with Crippen LogP contribution in [0.3, 0.4) is 0 Å². The van der Waals surface area contributed by atoms with E-state index in [1.165, 1.54) is 6.20 Å². The SMILES string of the molecule is CCN1CC[C@@H]1COc1cnn(C(F)F)c1-c1ccn2nc(Nc3ccnc(C)n3)cc2c1. The Kier molecular flexibility index (Phi) is 5.63. The summed E-state index contributed by atoms with van der Waals surface area (Å²) >= 11 is 0. The van der Waals surface area contributed by atoms with E-state index in [1.54, 1.807) is 42.0 Å². The molecule has 1 aliphatic rings. The van der Waals surface area contributed by atoms with E-state index < -0.39 is 6.55 Å². The van der Waals surface area contributed by atoms with Crippen LogP contribution in [0.4, 0.5) is 20.4 Å². The van der Waals surface area contributed by atoms with Crippen molar-refractivity contribution in [1.29, 1.82) is 0 Å². The van der Waals surface area contributed by atoms with Gasteiger partial charge in [0.15, 0.2) is 11.6 Å². The van der Waals surface area contributed by atoms with Crippen LogP contribution < -0.4 is 10.1 Å². The topological polar surface area (TPSA) is 85.4 Å². The Labute approximate surface area is 189 Å². The summed E-state index contributed by atoms with van der Waals surface area (Å²) < 4.78 is 35.7. The number of likely N-dealkylation sites (tertiary alicyclic amines) is 1. The first-order valence-corrected chi connectivity index (χ1v) is 10.8. The van der Waals surface area contributed by atoms with Gasteiger partial charge in [0.05, 0.1) is 11.7 Å². The van der Waals surface area contributed by atoms with Crippen molar-refractivity contribution in [1.82, 2.24) is 34.3 Å². The highest BCUT2D eigenvalue weighted by Crippen LogP contribution is 2.34. The number of halogens is 2. The van der Waals surface area contributed by atoms with Gasteiger partial charge in [-0.15, -0.1) is 0 Å². The minimum absolute atomic E-state index is 0.247. The van der Waals surface area contributed by atoms with Crippen LogP contribution in [-0.4, -0.2) is 60.0 Å². The first kappa shape index (κ1) is 21.3. The number of rotatable bonds is 8. The van der Waals surface area contributed by atoms with Gasteiger partial charge >= 0.3 is 6.55 Å². The lowest BCUT2D eigenvalue weighted by atomic mass is 10.0. The Balaban J connectivity index is 1.43. The average Bonchev–Trinajstić information content (AvgIpc) is 3.36. The number of hydrogen-bond donors (Lipinski definition) is 1. The summed E-state index contributed by atoms with van der Waals surface area (Å²) in [6.07, 6.45) is 5.78. The van der Waals surface area contributed by atoms with Crippen molar-refractivity contribution in [3.05, 3.63) is 48.7 Å². The van der Waals surface area contributed by atoms with E-state index in [9.17, 15) is 8.78 Å². The molecule has 4 aromatic rings. The maximum atomic E-state index is 13.7. The molecular formula is C22H24F2N8O. The monoisotopic (exact) mass is 454 g/mol. The third-order valence-corrected chi connectivity index (χ3v) is 5.82. The highest BCUT2D eigenvalue weighted by atomic mass is 19.3. The molecule has 33 heavy (non-hydrogen) atoms. The van der Waals surface area contributed by atoms with Gasteiger partial charge in [0.1, 0.15) is 23.9 Å². The molecule has 1 fully saturated rings. The molecule has 0 spiro atoms. The number of aryl methyl sites for hydroxylation is 1. The average molecular weight is 454 g/mol. The van der Waals surface area contributed by atoms with Crippen molar-refractivity contribution in [2.75, 3.05) is 25.0 Å². The minimum Gasteiger partial charge on any atom is -0.488 e. The van der Waals surface area contributed by atoms with Gasteiger partial charge in [-0.2, -0.15) is 23.7 Å². The molecule has 0 aliphatic carbocycles. The standard InChI is InChI=1S/C22H24F2N8O/c1-3-30-8-6-16(30)13-33-18-12-26-32(22(23)24)21(18)15-5-9-31-17(10-15)11-20(29-31)28-19-4-7-25-14(2)27-19/h4-5,7,9-12,16,22H,3,6,8,13H2,1-2H3,(H,25,27,28,29)/t16-/m1/s1. The number of ether oxygens (including phenoxy) is 1. The fraction of sp³-hybridized carbons (Fsp3) is 0.364. The normalized spacial score (nSPS) is 16.3. The van der Waals surface area contributed by atoms with Crippen LogP contribution in [-0.2, 0) is 0 Å². The zero-order valence-corrected chi connectivity index (χ0v) is 18.3. The van der Waals surface area contributed by atoms with Gasteiger partial charge in [0, 0.05) is 36.6 Å². The molecule has 5 heterocycles. The summed E-state index contributed by atoms with van der Waals surface area (Å²) in [5, 5.41) is 11.5. The van der Waals surface area contributed by atoms with Crippen LogP contribution in [0.15, 0.2) is 42.9 Å². The van der Waals surface area contributed by atoms with E-state index in [0.717, 1.165) is 25.0 Å². The molecule has 1 aliphatic heterocycles. The summed E-state index contributed by atoms with van der Waals surface area (Å²) in [4.78, 5) is 10.7. The number of hydrogen-bond acceptors (Lipinski definition) is 7. The number of anilines is 2. The molecule has 172 valence electrons. The second-order valence-corrected chi connectivity index (χ2v) is 7.89. The summed E-state index contributed by atoms with van der Waals surface area (Å²) in [5.74, 6) is 2.18. The molecular weight excluding hydrogens is 430 g/mol. The van der Waals surface area contributed by atoms with Crippen molar-refractivity contribution in [2.45, 2.75) is 32.9 Å². The lowest BCUT2D eigenvalue weighted by Crippen LogP contribution is -2.50. The van der Waals surface area contributed by atoms with Gasteiger partial charge in [-0.05, 0) is 38.1 Å². The van der Waals surface area contributed by atoms with Gasteiger partial charge in [0.2, 0.25) is 0 Å². The fourth-order valence-corrected chi connectivity index (χ4v) is 4.02. The summed E-state index contributed by atoms with van der Waals surface area (Å²) in [5.41, 5.74) is 1.54. The highest BCUT2D eigenvalue weighted by molar-refractivity contribution is 5.72. The number of aromatic nitrogens is 6. The fourth-order valence-electron chi connectivity index (χ4n) is 4.02. The third-order valence-electron chi connectivity index (χ3n) is 5.82. The Morgan fingerprint density at radius 3 is 2.85 bits per heavy atom. The molecule has 0 aromatic carbocycles. The molecule has 11 heteroatoms. The Bertz CT molecular complexity index is 1270. The summed E-state index contributed by atoms with van der Waals surface area (Å²) in [7, 11) is 0. The second kappa shape index (κ2) is 8.74. The number of fused-ring (bicyclic) bond motifs is 1. The molecule has 0 unspecified atom stereocenters. The Morgan fingerprint density at radius 1 is 1.24 bits per heavy atom. The van der Waals surface area contributed by atoms with Crippen LogP contribution in [0.1, 0.15) is 25.7 Å². The van der Waals surface area contributed by atoms with Gasteiger partial charge in [-0.1, -0.05) is 6.92 Å². The number of nitrogens with zero attached hydrogens (tertiary/aromatic N) is 7. The zero-order chi connectivity index (χ0) is 22.9. The van der Waals surface area contributed by atoms with Crippen molar-refractivity contribution in [2.24, 2.45) is 0 Å². The minimum atomic E-state index is -2.78. The van der Waals surface area contributed by atoms with Crippen LogP contribution >= 0.6 is 0 Å². The number of likely N-dealkylation sites (N-methyl/N-ethyl adjacent to an activating group) is 1. The molecule has 1 saturated heterocycles. The first-order chi connectivity index (χ1) is 16.0. The number of alkyl halides is 2. The Morgan fingerprint density at radius 2 is 2.12 bits per heavy atom. The molecule has 5 rings (SSSR count). The van der Waals surface area contributed by atoms with Crippen LogP contribution in [0.5, 0.6) is 5.75 Å². The van der Waals surface area contributed by atoms with Gasteiger partial charge < -0.3 is 10.1 Å². The quantitative estimate of drug-likeness (QED) is 0.432. The van der Waals surface area contributed by atoms with Crippen LogP contribution in [0.2, 0.25) is 0 Å². The van der Waals surface area contributed by atoms with Crippen LogP contribution in [0.25, 0.3) is 16.8 Å². The van der Waals surface area contributed by atoms with Gasteiger partial charge in [0.25, 0.3) is 0 Å².